The minimum Gasteiger partial charge on any atom is -0.299 e. The third kappa shape index (κ3) is 6.29. The molecule has 0 spiro atoms. The maximum atomic E-state index is 12.1. The Morgan fingerprint density at radius 2 is 1.15 bits per heavy atom. The van der Waals surface area contributed by atoms with Gasteiger partial charge < -0.3 is 0 Å². The summed E-state index contributed by atoms with van der Waals surface area (Å²) in [5, 5.41) is 0. The first-order valence-electron chi connectivity index (χ1n) is 9.52. The van der Waals surface area contributed by atoms with Crippen LogP contribution in [0.3, 0.4) is 0 Å². The van der Waals surface area contributed by atoms with Gasteiger partial charge in [0.1, 0.15) is 11.6 Å². The van der Waals surface area contributed by atoms with Crippen LogP contribution in [0.1, 0.15) is 61.8 Å². The van der Waals surface area contributed by atoms with Crippen molar-refractivity contribution in [1.29, 1.82) is 0 Å². The predicted molar refractivity (Wildman–Crippen MR) is 114 cm³/mol. The maximum absolute atomic E-state index is 12.1. The molecule has 2 atom stereocenters. The summed E-state index contributed by atoms with van der Waals surface area (Å²) in [6, 6.07) is 0. The Bertz CT molecular complexity index is 626. The quantitative estimate of drug-likeness (QED) is 0.742. The molecular weight excluding hydrogens is 340 g/mol. The van der Waals surface area contributed by atoms with Crippen molar-refractivity contribution in [2.24, 2.45) is 31.8 Å². The summed E-state index contributed by atoms with van der Waals surface area (Å²) in [5.74, 6) is -0.812. The molecule has 0 aromatic rings. The normalized spacial score (nSPS) is 26.4. The fraction of sp³-hybridized carbons (Fsp3) is 0.714. The molecule has 0 amide bonds. The van der Waals surface area contributed by atoms with Gasteiger partial charge in [0, 0.05) is 36.9 Å². The highest BCUT2D eigenvalue weighted by Crippen LogP contribution is 2.29. The lowest BCUT2D eigenvalue weighted by molar-refractivity contribution is -0.118. The zero-order chi connectivity index (χ0) is 20.8. The smallest absolute Gasteiger partial charge is 0.143 e. The summed E-state index contributed by atoms with van der Waals surface area (Å²) in [7, 11) is 0. The molecule has 1 aliphatic rings. The Labute approximate surface area is 163 Å². The van der Waals surface area contributed by atoms with Crippen molar-refractivity contribution in [3.8, 4) is 0 Å². The van der Waals surface area contributed by atoms with Crippen LogP contribution in [0, 0.1) is 11.8 Å². The zero-order valence-corrected chi connectivity index (χ0v) is 18.0. The van der Waals surface area contributed by atoms with E-state index >= 15 is 0 Å². The number of aliphatic imine (C=N–C) groups is 4. The van der Waals surface area contributed by atoms with Crippen LogP contribution in [0.4, 0.5) is 0 Å². The second-order valence-corrected chi connectivity index (χ2v) is 8.25. The van der Waals surface area contributed by atoms with E-state index in [2.05, 4.69) is 9.98 Å². The van der Waals surface area contributed by atoms with Crippen LogP contribution in [0.2, 0.25) is 0 Å². The number of carbonyl (C=O) groups excluding carboxylic acids is 2. The van der Waals surface area contributed by atoms with Gasteiger partial charge in [-0.1, -0.05) is 0 Å². The molecule has 1 rings (SSSR count). The van der Waals surface area contributed by atoms with Gasteiger partial charge in [-0.15, -0.1) is 0 Å². The number of nitrogens with zero attached hydrogens (tertiary/aromatic N) is 4. The molecule has 27 heavy (non-hydrogen) atoms. The van der Waals surface area contributed by atoms with Gasteiger partial charge in [0.05, 0.1) is 22.9 Å². The lowest BCUT2D eigenvalue weighted by atomic mass is 9.83. The van der Waals surface area contributed by atoms with Crippen LogP contribution in [0.25, 0.3) is 0 Å². The average Bonchev–Trinajstić information content (AvgIpc) is 2.53. The van der Waals surface area contributed by atoms with Gasteiger partial charge in [0.2, 0.25) is 0 Å². The van der Waals surface area contributed by atoms with Crippen molar-refractivity contribution >= 4 is 35.4 Å². The molecule has 6 heteroatoms. The summed E-state index contributed by atoms with van der Waals surface area (Å²) in [4.78, 5) is 42.6. The molecule has 0 bridgehead atoms. The molecule has 0 N–H and O–H groups in total. The van der Waals surface area contributed by atoms with E-state index in [9.17, 15) is 9.59 Å². The number of Topliss-reactive ketones (excluding diaryl/α,β-unsaturated/α-hetero) is 2. The van der Waals surface area contributed by atoms with Crippen molar-refractivity contribution in [3.63, 3.8) is 0 Å². The minimum atomic E-state index is -0.565. The largest absolute Gasteiger partial charge is 0.299 e. The van der Waals surface area contributed by atoms with Crippen molar-refractivity contribution < 1.29 is 9.59 Å². The second-order valence-electron chi connectivity index (χ2n) is 8.25. The highest BCUT2D eigenvalue weighted by atomic mass is 16.1. The summed E-state index contributed by atoms with van der Waals surface area (Å²) < 4.78 is 0. The molecule has 0 saturated carbocycles. The summed E-state index contributed by atoms with van der Waals surface area (Å²) in [6.07, 6.45) is 4.15. The van der Waals surface area contributed by atoms with Crippen molar-refractivity contribution in [2.45, 2.75) is 72.9 Å². The SMILES string of the molecule is CC(=O)C1C=NC(C)(C)C(C)(C)N=CC(C(C)=O)C(C)=NCCCN=C1C. The fourth-order valence-electron chi connectivity index (χ4n) is 2.63. The Morgan fingerprint density at radius 1 is 0.815 bits per heavy atom. The molecule has 0 saturated heterocycles. The molecule has 0 aliphatic carbocycles. The highest BCUT2D eigenvalue weighted by Gasteiger charge is 2.36. The Balaban J connectivity index is 3.41. The van der Waals surface area contributed by atoms with Crippen LogP contribution >= 0.6 is 0 Å². The van der Waals surface area contributed by atoms with Gasteiger partial charge in [-0.2, -0.15) is 0 Å². The van der Waals surface area contributed by atoms with Crippen LogP contribution in [-0.4, -0.2) is 59.6 Å². The van der Waals surface area contributed by atoms with E-state index in [-0.39, 0.29) is 11.6 Å². The van der Waals surface area contributed by atoms with Gasteiger partial charge in [-0.05, 0) is 61.8 Å². The molecule has 0 aromatic heterocycles. The second kappa shape index (κ2) is 9.29. The summed E-state index contributed by atoms with van der Waals surface area (Å²) >= 11 is 0. The van der Waals surface area contributed by atoms with E-state index in [0.29, 0.717) is 13.1 Å². The van der Waals surface area contributed by atoms with Crippen LogP contribution in [0.5, 0.6) is 0 Å². The number of carbonyl (C=O) groups is 2. The van der Waals surface area contributed by atoms with Gasteiger partial charge in [0.25, 0.3) is 0 Å². The molecular formula is C21H34N4O2. The fourth-order valence-corrected chi connectivity index (χ4v) is 2.63. The molecule has 1 heterocycles. The van der Waals surface area contributed by atoms with Crippen LogP contribution in [-0.2, 0) is 9.59 Å². The lowest BCUT2D eigenvalue weighted by Crippen LogP contribution is -2.43. The molecule has 0 radical (unpaired) electrons. The molecule has 2 unspecified atom stereocenters. The number of ketones is 2. The first kappa shape index (κ1) is 23.1. The Kier molecular flexibility index (Phi) is 7.93. The number of hydrogen-bond acceptors (Lipinski definition) is 6. The van der Waals surface area contributed by atoms with E-state index in [0.717, 1.165) is 17.8 Å². The van der Waals surface area contributed by atoms with Crippen molar-refractivity contribution in [3.05, 3.63) is 0 Å². The third-order valence-corrected chi connectivity index (χ3v) is 5.40. The summed E-state index contributed by atoms with van der Waals surface area (Å²) in [5.41, 5.74) is 0.398. The standard InChI is InChI=1S/C21H34N4O2/c1-14-18(16(3)26)12-24-20(5,6)21(7,8)25-13-19(17(4)27)15(2)23-11-9-10-22-14/h12-13,18-19H,9-11H2,1-8H3. The predicted octanol–water partition coefficient (Wildman–Crippen LogP) is 3.42. The first-order valence-corrected chi connectivity index (χ1v) is 9.52. The molecule has 6 nitrogen and oxygen atoms in total. The topological polar surface area (TPSA) is 83.6 Å². The van der Waals surface area contributed by atoms with E-state index in [1.165, 1.54) is 0 Å². The Hall–Kier alpha value is -1.98. The average molecular weight is 375 g/mol. The van der Waals surface area contributed by atoms with E-state index in [4.69, 9.17) is 9.98 Å². The monoisotopic (exact) mass is 374 g/mol. The molecule has 0 fully saturated rings. The number of rotatable bonds is 2. The lowest BCUT2D eigenvalue weighted by Gasteiger charge is -2.35. The Morgan fingerprint density at radius 3 is 1.44 bits per heavy atom. The van der Waals surface area contributed by atoms with E-state index < -0.39 is 22.9 Å². The van der Waals surface area contributed by atoms with Gasteiger partial charge in [-0.3, -0.25) is 29.6 Å². The first-order chi connectivity index (χ1) is 12.4. The van der Waals surface area contributed by atoms with Gasteiger partial charge >= 0.3 is 0 Å². The maximum Gasteiger partial charge on any atom is 0.143 e. The van der Waals surface area contributed by atoms with Crippen LogP contribution < -0.4 is 0 Å². The molecule has 1 aliphatic heterocycles. The number of hydrogen-bond donors (Lipinski definition) is 0. The molecule has 150 valence electrons. The van der Waals surface area contributed by atoms with Crippen LogP contribution in [0.15, 0.2) is 20.0 Å². The minimum absolute atomic E-state index is 0.0203. The van der Waals surface area contributed by atoms with E-state index in [1.54, 1.807) is 26.3 Å². The summed E-state index contributed by atoms with van der Waals surface area (Å²) in [6.45, 7) is 16.0. The van der Waals surface area contributed by atoms with Crippen molar-refractivity contribution in [1.82, 2.24) is 0 Å². The van der Waals surface area contributed by atoms with Gasteiger partial charge in [0.15, 0.2) is 0 Å². The third-order valence-electron chi connectivity index (χ3n) is 5.40. The zero-order valence-electron chi connectivity index (χ0n) is 18.0. The highest BCUT2D eigenvalue weighted by molar-refractivity contribution is 6.15. The van der Waals surface area contributed by atoms with Crippen molar-refractivity contribution in [2.75, 3.05) is 13.1 Å². The van der Waals surface area contributed by atoms with Gasteiger partial charge in [-0.25, -0.2) is 0 Å². The van der Waals surface area contributed by atoms with E-state index in [1.807, 2.05) is 41.5 Å². The molecule has 0 aromatic carbocycles.